The third-order valence-corrected chi connectivity index (χ3v) is 6.88. The number of carbonyl (C=O) groups is 1. The molecule has 152 valence electrons. The van der Waals surface area contributed by atoms with E-state index in [9.17, 15) is 9.90 Å². The largest absolute Gasteiger partial charge is 0.388 e. The summed E-state index contributed by atoms with van der Waals surface area (Å²) < 4.78 is 0. The lowest BCUT2D eigenvalue weighted by Gasteiger charge is -2.30. The van der Waals surface area contributed by atoms with Gasteiger partial charge in [0.1, 0.15) is 0 Å². The summed E-state index contributed by atoms with van der Waals surface area (Å²) in [5.74, 6) is 1.17. The number of aliphatic hydroxyl groups is 1. The van der Waals surface area contributed by atoms with Crippen molar-refractivity contribution in [2.45, 2.75) is 57.0 Å². The third-order valence-electron chi connectivity index (χ3n) is 6.88. The summed E-state index contributed by atoms with van der Waals surface area (Å²) in [5, 5.41) is 12.5. The lowest BCUT2D eigenvalue weighted by molar-refractivity contribution is -0.132. The second kappa shape index (κ2) is 7.10. The van der Waals surface area contributed by atoms with Crippen molar-refractivity contribution in [2.75, 3.05) is 13.1 Å². The van der Waals surface area contributed by atoms with E-state index in [4.69, 9.17) is 0 Å². The summed E-state index contributed by atoms with van der Waals surface area (Å²) in [7, 11) is 0. The van der Waals surface area contributed by atoms with Crippen LogP contribution in [0.5, 0.6) is 0 Å². The molecular formula is C23H28N4O2. The molecule has 1 aliphatic heterocycles. The number of aromatic amines is 1. The lowest BCUT2D eigenvalue weighted by atomic mass is 9.76. The third kappa shape index (κ3) is 3.50. The van der Waals surface area contributed by atoms with Gasteiger partial charge in [-0.3, -0.25) is 4.79 Å². The van der Waals surface area contributed by atoms with Crippen LogP contribution in [0.25, 0.3) is 21.9 Å². The van der Waals surface area contributed by atoms with Crippen LogP contribution in [0, 0.1) is 5.92 Å². The standard InChI is InChI=1S/C23H28N4O2/c1-23(29)8-11-27(14-23)20(28)12-15-2-4-16(5-3-15)17-6-9-24-19-13-26-22-18(21(17)19)7-10-25-22/h6-7,9-10,13,15-16,24,29H,2-5,8,11-12,14H2,1H3. The molecule has 1 amide bonds. The molecule has 4 heterocycles. The van der Waals surface area contributed by atoms with E-state index in [0.29, 0.717) is 37.8 Å². The molecule has 1 saturated carbocycles. The van der Waals surface area contributed by atoms with E-state index in [1.807, 2.05) is 30.4 Å². The molecule has 2 fully saturated rings. The molecule has 6 heteroatoms. The van der Waals surface area contributed by atoms with Crippen molar-refractivity contribution >= 4 is 27.8 Å². The van der Waals surface area contributed by atoms with Crippen LogP contribution in [0.4, 0.5) is 0 Å². The van der Waals surface area contributed by atoms with Crippen molar-refractivity contribution in [1.82, 2.24) is 19.9 Å². The Morgan fingerprint density at radius 1 is 1.28 bits per heavy atom. The van der Waals surface area contributed by atoms with Crippen molar-refractivity contribution < 1.29 is 9.90 Å². The molecular weight excluding hydrogens is 364 g/mol. The lowest BCUT2D eigenvalue weighted by Crippen LogP contribution is -2.35. The molecule has 1 atom stereocenters. The second-order valence-electron chi connectivity index (χ2n) is 9.15. The Labute approximate surface area is 170 Å². The Kier molecular flexibility index (Phi) is 4.54. The molecule has 1 aliphatic carbocycles. The van der Waals surface area contributed by atoms with Crippen LogP contribution in [0.2, 0.25) is 0 Å². The number of amides is 1. The zero-order chi connectivity index (χ0) is 20.0. The van der Waals surface area contributed by atoms with E-state index in [1.54, 1.807) is 0 Å². The maximum atomic E-state index is 12.6. The van der Waals surface area contributed by atoms with Crippen LogP contribution in [0.3, 0.4) is 0 Å². The number of H-pyrrole nitrogens is 1. The Hall–Kier alpha value is -2.47. The fourth-order valence-electron chi connectivity index (χ4n) is 5.24. The molecule has 0 spiro atoms. The van der Waals surface area contributed by atoms with Crippen molar-refractivity contribution in [1.29, 1.82) is 0 Å². The van der Waals surface area contributed by atoms with E-state index in [2.05, 4.69) is 27.1 Å². The normalized spacial score (nSPS) is 27.7. The number of hydrogen-bond acceptors (Lipinski definition) is 4. The second-order valence-corrected chi connectivity index (χ2v) is 9.15. The average Bonchev–Trinajstić information content (AvgIpc) is 3.34. The van der Waals surface area contributed by atoms with Crippen LogP contribution in [0.1, 0.15) is 56.9 Å². The number of hydrogen-bond donors (Lipinski definition) is 2. The zero-order valence-corrected chi connectivity index (χ0v) is 16.9. The highest BCUT2D eigenvalue weighted by Crippen LogP contribution is 2.41. The fourth-order valence-corrected chi connectivity index (χ4v) is 5.24. The van der Waals surface area contributed by atoms with Gasteiger partial charge in [-0.15, -0.1) is 0 Å². The monoisotopic (exact) mass is 392 g/mol. The van der Waals surface area contributed by atoms with E-state index in [-0.39, 0.29) is 5.91 Å². The fraction of sp³-hybridized carbons (Fsp3) is 0.522. The number of nitrogens with zero attached hydrogens (tertiary/aromatic N) is 3. The van der Waals surface area contributed by atoms with Gasteiger partial charge in [0.05, 0.1) is 17.3 Å². The van der Waals surface area contributed by atoms with Gasteiger partial charge in [-0.1, -0.05) is 0 Å². The number of fused-ring (bicyclic) bond motifs is 3. The molecule has 0 radical (unpaired) electrons. The van der Waals surface area contributed by atoms with Crippen LogP contribution < -0.4 is 0 Å². The summed E-state index contributed by atoms with van der Waals surface area (Å²) in [6, 6.07) is 4.26. The van der Waals surface area contributed by atoms with Gasteiger partial charge < -0.3 is 15.0 Å². The van der Waals surface area contributed by atoms with Crippen LogP contribution in [-0.4, -0.2) is 49.6 Å². The molecule has 1 unspecified atom stereocenters. The Morgan fingerprint density at radius 3 is 2.86 bits per heavy atom. The summed E-state index contributed by atoms with van der Waals surface area (Å²) >= 11 is 0. The summed E-state index contributed by atoms with van der Waals surface area (Å²) in [4.78, 5) is 26.6. The molecule has 6 nitrogen and oxygen atoms in total. The predicted octanol–water partition coefficient (Wildman–Crippen LogP) is 3.76. The van der Waals surface area contributed by atoms with Gasteiger partial charge in [0.25, 0.3) is 0 Å². The van der Waals surface area contributed by atoms with Gasteiger partial charge in [-0.2, -0.15) is 0 Å². The van der Waals surface area contributed by atoms with Gasteiger partial charge in [-0.25, -0.2) is 9.97 Å². The number of nitrogens with one attached hydrogen (secondary N) is 1. The Morgan fingerprint density at radius 2 is 2.10 bits per heavy atom. The first-order chi connectivity index (χ1) is 14.0. The van der Waals surface area contributed by atoms with Crippen LogP contribution in [0.15, 0.2) is 30.7 Å². The van der Waals surface area contributed by atoms with Crippen molar-refractivity contribution in [2.24, 2.45) is 5.92 Å². The average molecular weight is 393 g/mol. The first kappa shape index (κ1) is 18.6. The molecule has 3 aromatic rings. The van der Waals surface area contributed by atoms with Gasteiger partial charge in [0, 0.05) is 42.7 Å². The van der Waals surface area contributed by atoms with Crippen molar-refractivity contribution in [3.63, 3.8) is 0 Å². The Bertz CT molecular complexity index is 1050. The quantitative estimate of drug-likeness (QED) is 0.711. The predicted molar refractivity (Wildman–Crippen MR) is 113 cm³/mol. The minimum absolute atomic E-state index is 0.210. The summed E-state index contributed by atoms with van der Waals surface area (Å²) in [5.41, 5.74) is 2.52. The van der Waals surface area contributed by atoms with E-state index in [0.717, 1.165) is 42.2 Å². The van der Waals surface area contributed by atoms with Gasteiger partial charge in [-0.05, 0) is 68.6 Å². The van der Waals surface area contributed by atoms with Gasteiger partial charge >= 0.3 is 0 Å². The van der Waals surface area contributed by atoms with E-state index in [1.165, 1.54) is 10.9 Å². The molecule has 2 N–H and O–H groups in total. The Balaban J connectivity index is 1.29. The molecule has 2 aliphatic rings. The molecule has 3 aromatic heterocycles. The van der Waals surface area contributed by atoms with Crippen LogP contribution >= 0.6 is 0 Å². The molecule has 29 heavy (non-hydrogen) atoms. The highest BCUT2D eigenvalue weighted by atomic mass is 16.3. The highest BCUT2D eigenvalue weighted by Gasteiger charge is 2.35. The highest BCUT2D eigenvalue weighted by molar-refractivity contribution is 6.05. The number of carbonyl (C=O) groups excluding carboxylic acids is 1. The zero-order valence-electron chi connectivity index (χ0n) is 16.9. The summed E-state index contributed by atoms with van der Waals surface area (Å²) in [6.07, 6.45) is 11.4. The number of pyridine rings is 2. The van der Waals surface area contributed by atoms with E-state index >= 15 is 0 Å². The molecule has 0 aromatic carbocycles. The number of rotatable bonds is 3. The minimum Gasteiger partial charge on any atom is -0.388 e. The van der Waals surface area contributed by atoms with Crippen molar-refractivity contribution in [3.05, 3.63) is 36.3 Å². The smallest absolute Gasteiger partial charge is 0.222 e. The number of β-amino-alcohol motifs (C(OH)–C–C–N with tert-alkyl or cyclic N) is 1. The molecule has 0 bridgehead atoms. The number of aromatic nitrogens is 3. The SMILES string of the molecule is CC1(O)CCN(C(=O)CC2CCC(c3cc[nH]c4cnc5nccc5c34)CC2)C1. The molecule has 5 rings (SSSR count). The maximum absolute atomic E-state index is 12.6. The van der Waals surface area contributed by atoms with Crippen molar-refractivity contribution in [3.8, 4) is 0 Å². The number of likely N-dealkylation sites (tertiary alicyclic amines) is 1. The summed E-state index contributed by atoms with van der Waals surface area (Å²) in [6.45, 7) is 2.98. The van der Waals surface area contributed by atoms with Crippen LogP contribution in [-0.2, 0) is 4.79 Å². The first-order valence-electron chi connectivity index (χ1n) is 10.7. The van der Waals surface area contributed by atoms with E-state index < -0.39 is 5.60 Å². The topological polar surface area (TPSA) is 82.1 Å². The van der Waals surface area contributed by atoms with Gasteiger partial charge in [0.15, 0.2) is 5.65 Å². The van der Waals surface area contributed by atoms with Gasteiger partial charge in [0.2, 0.25) is 5.91 Å². The first-order valence-corrected chi connectivity index (χ1v) is 10.7. The maximum Gasteiger partial charge on any atom is 0.222 e. The molecule has 1 saturated heterocycles. The minimum atomic E-state index is -0.714.